The monoisotopic (exact) mass is 262 g/mol. The van der Waals surface area contributed by atoms with E-state index >= 15 is 0 Å². The van der Waals surface area contributed by atoms with Gasteiger partial charge in [0.05, 0.1) is 5.60 Å². The summed E-state index contributed by atoms with van der Waals surface area (Å²) in [5.41, 5.74) is 1.99. The molecule has 0 amide bonds. The number of anilines is 1. The summed E-state index contributed by atoms with van der Waals surface area (Å²) >= 11 is 0. The van der Waals surface area contributed by atoms with Crippen LogP contribution in [0.3, 0.4) is 0 Å². The summed E-state index contributed by atoms with van der Waals surface area (Å²) in [7, 11) is 0. The van der Waals surface area contributed by atoms with Gasteiger partial charge < -0.3 is 15.3 Å². The second-order valence-corrected chi connectivity index (χ2v) is 6.19. The van der Waals surface area contributed by atoms with Crippen LogP contribution in [0.4, 0.5) is 5.69 Å². The van der Waals surface area contributed by atoms with Crippen LogP contribution in [0.25, 0.3) is 0 Å². The first-order valence-electron chi connectivity index (χ1n) is 7.26. The van der Waals surface area contributed by atoms with E-state index in [1.54, 1.807) is 0 Å². The molecule has 1 aromatic rings. The molecule has 0 aliphatic carbocycles. The predicted molar refractivity (Wildman–Crippen MR) is 80.7 cm³/mol. The van der Waals surface area contributed by atoms with Crippen molar-refractivity contribution in [3.05, 3.63) is 29.8 Å². The molecule has 0 saturated carbocycles. The van der Waals surface area contributed by atoms with Crippen molar-refractivity contribution in [2.75, 3.05) is 24.5 Å². The van der Waals surface area contributed by atoms with Gasteiger partial charge in [0.15, 0.2) is 0 Å². The van der Waals surface area contributed by atoms with Crippen LogP contribution >= 0.6 is 0 Å². The fourth-order valence-electron chi connectivity index (χ4n) is 2.67. The highest BCUT2D eigenvalue weighted by molar-refractivity contribution is 5.55. The minimum absolute atomic E-state index is 0.403. The molecule has 0 bridgehead atoms. The first-order valence-corrected chi connectivity index (χ1v) is 7.26. The van der Waals surface area contributed by atoms with Crippen LogP contribution in [-0.4, -0.2) is 36.4 Å². The van der Waals surface area contributed by atoms with E-state index in [-0.39, 0.29) is 0 Å². The molecule has 1 unspecified atom stereocenters. The molecule has 19 heavy (non-hydrogen) atoms. The van der Waals surface area contributed by atoms with E-state index < -0.39 is 5.60 Å². The summed E-state index contributed by atoms with van der Waals surface area (Å²) in [6.07, 6.45) is 2.32. The zero-order chi connectivity index (χ0) is 13.9. The van der Waals surface area contributed by atoms with E-state index in [1.165, 1.54) is 17.7 Å². The smallest absolute Gasteiger partial charge is 0.0917 e. The number of rotatable bonds is 5. The number of β-amino-alcohol motifs (C(OH)–C–C–N with tert-alkyl or cyclic N) is 1. The number of hydrogen-bond donors (Lipinski definition) is 2. The summed E-state index contributed by atoms with van der Waals surface area (Å²) < 4.78 is 0. The van der Waals surface area contributed by atoms with Crippen molar-refractivity contribution >= 4 is 5.69 Å². The van der Waals surface area contributed by atoms with Crippen molar-refractivity contribution in [1.29, 1.82) is 0 Å². The van der Waals surface area contributed by atoms with Gasteiger partial charge in [0.1, 0.15) is 0 Å². The fraction of sp³-hybridized carbons (Fsp3) is 0.625. The van der Waals surface area contributed by atoms with Crippen LogP contribution in [0.1, 0.15) is 32.8 Å². The number of aryl methyl sites for hydroxylation is 1. The number of nitrogens with one attached hydrogen (secondary N) is 1. The van der Waals surface area contributed by atoms with Crippen LogP contribution in [0.2, 0.25) is 0 Å². The Bertz CT molecular complexity index is 415. The van der Waals surface area contributed by atoms with Gasteiger partial charge in [0.25, 0.3) is 0 Å². The number of fused-ring (bicyclic) bond motifs is 1. The minimum atomic E-state index is -0.700. The molecule has 1 aliphatic rings. The van der Waals surface area contributed by atoms with E-state index in [2.05, 4.69) is 48.3 Å². The summed E-state index contributed by atoms with van der Waals surface area (Å²) in [6, 6.07) is 8.95. The highest BCUT2D eigenvalue weighted by atomic mass is 16.3. The lowest BCUT2D eigenvalue weighted by Gasteiger charge is -2.37. The highest BCUT2D eigenvalue weighted by Gasteiger charge is 2.26. The molecule has 3 nitrogen and oxygen atoms in total. The highest BCUT2D eigenvalue weighted by Crippen LogP contribution is 2.27. The molecule has 1 atom stereocenters. The maximum atomic E-state index is 10.5. The maximum Gasteiger partial charge on any atom is 0.0917 e. The Morgan fingerprint density at radius 2 is 2.11 bits per heavy atom. The van der Waals surface area contributed by atoms with Crippen molar-refractivity contribution in [2.24, 2.45) is 0 Å². The zero-order valence-electron chi connectivity index (χ0n) is 12.3. The molecule has 106 valence electrons. The van der Waals surface area contributed by atoms with Crippen LogP contribution in [0, 0.1) is 0 Å². The second-order valence-electron chi connectivity index (χ2n) is 6.19. The molecule has 0 saturated heterocycles. The van der Waals surface area contributed by atoms with Crippen molar-refractivity contribution in [3.8, 4) is 0 Å². The molecule has 0 aromatic heterocycles. The lowest BCUT2D eigenvalue weighted by atomic mass is 9.98. The average Bonchev–Trinajstić information content (AvgIpc) is 2.37. The first-order chi connectivity index (χ1) is 8.98. The SMILES string of the molecule is CC(C)NCC(C)(O)CN1CCCc2ccccc21. The quantitative estimate of drug-likeness (QED) is 0.854. The van der Waals surface area contributed by atoms with Crippen LogP contribution in [0.15, 0.2) is 24.3 Å². The van der Waals surface area contributed by atoms with Gasteiger partial charge in [-0.2, -0.15) is 0 Å². The summed E-state index contributed by atoms with van der Waals surface area (Å²) in [4.78, 5) is 2.32. The second kappa shape index (κ2) is 5.93. The fourth-order valence-corrected chi connectivity index (χ4v) is 2.67. The standard InChI is InChI=1S/C16H26N2O/c1-13(2)17-11-16(3,19)12-18-10-6-8-14-7-4-5-9-15(14)18/h4-5,7,9,13,17,19H,6,8,10-12H2,1-3H3. The molecule has 2 N–H and O–H groups in total. The number of para-hydroxylation sites is 1. The van der Waals surface area contributed by atoms with E-state index in [1.807, 2.05) is 6.92 Å². The first kappa shape index (κ1) is 14.4. The Labute approximate surface area is 116 Å². The largest absolute Gasteiger partial charge is 0.387 e. The Kier molecular flexibility index (Phi) is 4.48. The normalized spacial score (nSPS) is 18.3. The lowest BCUT2D eigenvalue weighted by molar-refractivity contribution is 0.0641. The molecule has 1 aliphatic heterocycles. The molecular formula is C16H26N2O. The Balaban J connectivity index is 2.03. The van der Waals surface area contributed by atoms with Gasteiger partial charge in [0, 0.05) is 31.4 Å². The Morgan fingerprint density at radius 3 is 2.84 bits per heavy atom. The molecule has 1 aromatic carbocycles. The molecule has 3 heteroatoms. The molecule has 2 rings (SSSR count). The van der Waals surface area contributed by atoms with Gasteiger partial charge in [-0.1, -0.05) is 32.0 Å². The predicted octanol–water partition coefficient (Wildman–Crippen LogP) is 2.19. The minimum Gasteiger partial charge on any atom is -0.387 e. The third kappa shape index (κ3) is 3.95. The van der Waals surface area contributed by atoms with Crippen LogP contribution < -0.4 is 10.2 Å². The average molecular weight is 262 g/mol. The number of nitrogens with zero attached hydrogens (tertiary/aromatic N) is 1. The van der Waals surface area contributed by atoms with Gasteiger partial charge in [-0.25, -0.2) is 0 Å². The van der Waals surface area contributed by atoms with E-state index in [0.717, 1.165) is 13.0 Å². The Hall–Kier alpha value is -1.06. The molecule has 0 fully saturated rings. The van der Waals surface area contributed by atoms with Gasteiger partial charge in [-0.3, -0.25) is 0 Å². The van der Waals surface area contributed by atoms with E-state index in [0.29, 0.717) is 19.1 Å². The Morgan fingerprint density at radius 1 is 1.37 bits per heavy atom. The van der Waals surface area contributed by atoms with Gasteiger partial charge in [0.2, 0.25) is 0 Å². The zero-order valence-corrected chi connectivity index (χ0v) is 12.3. The third-order valence-corrected chi connectivity index (χ3v) is 3.63. The third-order valence-electron chi connectivity index (χ3n) is 3.63. The van der Waals surface area contributed by atoms with Crippen molar-refractivity contribution in [1.82, 2.24) is 5.32 Å². The van der Waals surface area contributed by atoms with Crippen LogP contribution in [0.5, 0.6) is 0 Å². The van der Waals surface area contributed by atoms with Crippen molar-refractivity contribution in [3.63, 3.8) is 0 Å². The summed E-state index contributed by atoms with van der Waals surface area (Å²) in [5, 5.41) is 13.9. The van der Waals surface area contributed by atoms with E-state index in [4.69, 9.17) is 0 Å². The lowest BCUT2D eigenvalue weighted by Crippen LogP contribution is -2.50. The number of benzene rings is 1. The van der Waals surface area contributed by atoms with Gasteiger partial charge in [-0.05, 0) is 31.4 Å². The van der Waals surface area contributed by atoms with E-state index in [9.17, 15) is 5.11 Å². The molecule has 0 radical (unpaired) electrons. The maximum absolute atomic E-state index is 10.5. The topological polar surface area (TPSA) is 35.5 Å². The molecular weight excluding hydrogens is 236 g/mol. The van der Waals surface area contributed by atoms with Crippen molar-refractivity contribution in [2.45, 2.75) is 45.3 Å². The van der Waals surface area contributed by atoms with Crippen molar-refractivity contribution < 1.29 is 5.11 Å². The molecule has 1 heterocycles. The van der Waals surface area contributed by atoms with Gasteiger partial charge in [-0.15, -0.1) is 0 Å². The van der Waals surface area contributed by atoms with Crippen LogP contribution in [-0.2, 0) is 6.42 Å². The molecule has 0 spiro atoms. The number of hydrogen-bond acceptors (Lipinski definition) is 3. The number of aliphatic hydroxyl groups is 1. The summed E-state index contributed by atoms with van der Waals surface area (Å²) in [5.74, 6) is 0. The van der Waals surface area contributed by atoms with Gasteiger partial charge >= 0.3 is 0 Å². The summed E-state index contributed by atoms with van der Waals surface area (Å²) in [6.45, 7) is 8.47.